The van der Waals surface area contributed by atoms with Gasteiger partial charge in [0.05, 0.1) is 16.3 Å². The molecule has 1 aromatic heterocycles. The van der Waals surface area contributed by atoms with Gasteiger partial charge in [0.25, 0.3) is 0 Å². The van der Waals surface area contributed by atoms with Gasteiger partial charge in [0.1, 0.15) is 5.01 Å². The molecule has 1 aromatic carbocycles. The summed E-state index contributed by atoms with van der Waals surface area (Å²) in [6.07, 6.45) is 4.59. The Morgan fingerprint density at radius 2 is 2.33 bits per heavy atom. The third-order valence-electron chi connectivity index (χ3n) is 2.93. The van der Waals surface area contributed by atoms with Crippen LogP contribution in [0.2, 0.25) is 0 Å². The number of thioether (sulfide) groups is 1. The van der Waals surface area contributed by atoms with Gasteiger partial charge in [-0.3, -0.25) is 0 Å². The van der Waals surface area contributed by atoms with Crippen LogP contribution in [0.3, 0.4) is 0 Å². The maximum atomic E-state index is 11.9. The average Bonchev–Trinajstić information content (AvgIpc) is 2.93. The van der Waals surface area contributed by atoms with E-state index in [2.05, 4.69) is 34.5 Å². The Kier molecular flexibility index (Phi) is 6.07. The Bertz CT molecular complexity index is 579. The summed E-state index contributed by atoms with van der Waals surface area (Å²) in [7, 11) is 0. The summed E-state index contributed by atoms with van der Waals surface area (Å²) in [4.78, 5) is 16.5. The molecule has 0 fully saturated rings. The average molecular weight is 321 g/mol. The summed E-state index contributed by atoms with van der Waals surface area (Å²) in [6.45, 7) is 4.05. The Morgan fingerprint density at radius 1 is 1.52 bits per heavy atom. The highest BCUT2D eigenvalue weighted by Gasteiger charge is 2.18. The first-order chi connectivity index (χ1) is 10.2. The van der Waals surface area contributed by atoms with Crippen molar-refractivity contribution < 1.29 is 4.79 Å². The first-order valence-corrected chi connectivity index (χ1v) is 8.95. The van der Waals surface area contributed by atoms with Gasteiger partial charge in [0.2, 0.25) is 0 Å². The molecule has 0 aliphatic heterocycles. The van der Waals surface area contributed by atoms with Gasteiger partial charge in [0.15, 0.2) is 0 Å². The second kappa shape index (κ2) is 8.05. The molecule has 1 atom stereocenters. The highest BCUT2D eigenvalue weighted by Crippen LogP contribution is 2.28. The monoisotopic (exact) mass is 321 g/mol. The molecule has 112 valence electrons. The van der Waals surface area contributed by atoms with E-state index in [4.69, 9.17) is 0 Å². The van der Waals surface area contributed by atoms with Crippen molar-refractivity contribution in [1.29, 1.82) is 0 Å². The predicted molar refractivity (Wildman–Crippen MR) is 92.1 cm³/mol. The first-order valence-electron chi connectivity index (χ1n) is 6.74. The molecule has 2 N–H and O–H groups in total. The lowest BCUT2D eigenvalue weighted by Gasteiger charge is -2.16. The van der Waals surface area contributed by atoms with E-state index in [9.17, 15) is 4.79 Å². The molecule has 0 spiro atoms. The van der Waals surface area contributed by atoms with Crippen LogP contribution in [0.5, 0.6) is 0 Å². The molecule has 0 aliphatic carbocycles. The van der Waals surface area contributed by atoms with E-state index < -0.39 is 0 Å². The SMILES string of the molecule is C=CCNC(=O)NC(CCSC)c1nc2ccccc2s1. The molecular weight excluding hydrogens is 302 g/mol. The first kappa shape index (κ1) is 15.9. The van der Waals surface area contributed by atoms with Gasteiger partial charge >= 0.3 is 6.03 Å². The molecule has 2 amide bonds. The van der Waals surface area contributed by atoms with Crippen molar-refractivity contribution in [3.63, 3.8) is 0 Å². The van der Waals surface area contributed by atoms with Crippen LogP contribution in [-0.2, 0) is 0 Å². The Morgan fingerprint density at radius 3 is 3.05 bits per heavy atom. The zero-order valence-electron chi connectivity index (χ0n) is 12.0. The lowest BCUT2D eigenvalue weighted by molar-refractivity contribution is 0.238. The number of urea groups is 1. The van der Waals surface area contributed by atoms with Crippen LogP contribution in [0.25, 0.3) is 10.2 Å². The molecule has 1 unspecified atom stereocenters. The lowest BCUT2D eigenvalue weighted by atomic mass is 10.2. The van der Waals surface area contributed by atoms with Gasteiger partial charge in [-0.1, -0.05) is 18.2 Å². The fourth-order valence-electron chi connectivity index (χ4n) is 1.91. The minimum absolute atomic E-state index is 0.0559. The van der Waals surface area contributed by atoms with Gasteiger partial charge in [-0.25, -0.2) is 9.78 Å². The van der Waals surface area contributed by atoms with E-state index in [-0.39, 0.29) is 12.1 Å². The van der Waals surface area contributed by atoms with Crippen molar-refractivity contribution in [3.8, 4) is 0 Å². The number of rotatable bonds is 7. The molecule has 0 radical (unpaired) electrons. The molecule has 6 heteroatoms. The summed E-state index contributed by atoms with van der Waals surface area (Å²) in [6, 6.07) is 7.80. The van der Waals surface area contributed by atoms with Crippen molar-refractivity contribution in [2.75, 3.05) is 18.6 Å². The van der Waals surface area contributed by atoms with E-state index in [1.807, 2.05) is 18.2 Å². The van der Waals surface area contributed by atoms with Gasteiger partial charge in [-0.05, 0) is 30.6 Å². The zero-order chi connectivity index (χ0) is 15.1. The number of hydrogen-bond acceptors (Lipinski definition) is 4. The summed E-state index contributed by atoms with van der Waals surface area (Å²) in [5.74, 6) is 0.975. The van der Waals surface area contributed by atoms with Crippen molar-refractivity contribution in [3.05, 3.63) is 41.9 Å². The number of carbonyl (C=O) groups excluding carboxylic acids is 1. The summed E-state index contributed by atoms with van der Waals surface area (Å²) in [5, 5.41) is 6.70. The molecular formula is C15H19N3OS2. The number of nitrogens with zero attached hydrogens (tertiary/aromatic N) is 1. The van der Waals surface area contributed by atoms with E-state index >= 15 is 0 Å². The number of hydrogen-bond donors (Lipinski definition) is 2. The van der Waals surface area contributed by atoms with Crippen LogP contribution in [0.4, 0.5) is 4.79 Å². The topological polar surface area (TPSA) is 54.0 Å². The van der Waals surface area contributed by atoms with Crippen molar-refractivity contribution >= 4 is 39.3 Å². The molecule has 2 rings (SSSR count). The number of benzene rings is 1. The van der Waals surface area contributed by atoms with E-state index in [0.29, 0.717) is 6.54 Å². The number of nitrogens with one attached hydrogen (secondary N) is 2. The fourth-order valence-corrected chi connectivity index (χ4v) is 3.43. The highest BCUT2D eigenvalue weighted by atomic mass is 32.2. The van der Waals surface area contributed by atoms with E-state index in [1.165, 1.54) is 0 Å². The maximum absolute atomic E-state index is 11.9. The summed E-state index contributed by atoms with van der Waals surface area (Å²) < 4.78 is 1.15. The van der Waals surface area contributed by atoms with Crippen LogP contribution in [0, 0.1) is 0 Å². The van der Waals surface area contributed by atoms with Crippen molar-refractivity contribution in [1.82, 2.24) is 15.6 Å². The second-order valence-corrected chi connectivity index (χ2v) is 6.54. The highest BCUT2D eigenvalue weighted by molar-refractivity contribution is 7.98. The third kappa shape index (κ3) is 4.47. The third-order valence-corrected chi connectivity index (χ3v) is 4.73. The summed E-state index contributed by atoms with van der Waals surface area (Å²) >= 11 is 3.40. The van der Waals surface area contributed by atoms with Gasteiger partial charge in [0, 0.05) is 6.54 Å². The minimum Gasteiger partial charge on any atom is -0.335 e. The van der Waals surface area contributed by atoms with E-state index in [0.717, 1.165) is 27.4 Å². The molecule has 0 aliphatic rings. The van der Waals surface area contributed by atoms with Crippen LogP contribution < -0.4 is 10.6 Å². The lowest BCUT2D eigenvalue weighted by Crippen LogP contribution is -2.38. The Balaban J connectivity index is 2.14. The van der Waals surface area contributed by atoms with Gasteiger partial charge in [-0.2, -0.15) is 11.8 Å². The van der Waals surface area contributed by atoms with Crippen LogP contribution in [0.15, 0.2) is 36.9 Å². The molecule has 4 nitrogen and oxygen atoms in total. The standard InChI is InChI=1S/C15H19N3OS2/c1-3-9-16-15(19)18-12(8-10-20-2)14-17-11-6-4-5-7-13(11)21-14/h3-7,12H,1,8-10H2,2H3,(H2,16,18,19). The molecule has 0 bridgehead atoms. The number of amides is 2. The molecule has 21 heavy (non-hydrogen) atoms. The number of fused-ring (bicyclic) bond motifs is 1. The van der Waals surface area contributed by atoms with Crippen LogP contribution >= 0.6 is 23.1 Å². The Labute approximate surface area is 133 Å². The molecule has 2 aromatic rings. The van der Waals surface area contributed by atoms with E-state index in [1.54, 1.807) is 29.2 Å². The van der Waals surface area contributed by atoms with Crippen molar-refractivity contribution in [2.45, 2.75) is 12.5 Å². The number of para-hydroxylation sites is 1. The quantitative estimate of drug-likeness (QED) is 0.767. The Hall–Kier alpha value is -1.53. The predicted octanol–water partition coefficient (Wildman–Crippen LogP) is 3.58. The zero-order valence-corrected chi connectivity index (χ0v) is 13.6. The van der Waals surface area contributed by atoms with Crippen LogP contribution in [-0.4, -0.2) is 29.6 Å². The normalized spacial score (nSPS) is 12.0. The number of thiazole rings is 1. The number of aromatic nitrogens is 1. The maximum Gasteiger partial charge on any atom is 0.315 e. The molecule has 0 saturated heterocycles. The minimum atomic E-state index is -0.180. The van der Waals surface area contributed by atoms with Gasteiger partial charge < -0.3 is 10.6 Å². The second-order valence-electron chi connectivity index (χ2n) is 4.50. The molecule has 0 saturated carbocycles. The summed E-state index contributed by atoms with van der Waals surface area (Å²) in [5.41, 5.74) is 0.986. The van der Waals surface area contributed by atoms with Crippen LogP contribution in [0.1, 0.15) is 17.5 Å². The van der Waals surface area contributed by atoms with Crippen molar-refractivity contribution in [2.24, 2.45) is 0 Å². The largest absolute Gasteiger partial charge is 0.335 e. The smallest absolute Gasteiger partial charge is 0.315 e. The number of carbonyl (C=O) groups is 1. The fraction of sp³-hybridized carbons (Fsp3) is 0.333. The van der Waals surface area contributed by atoms with Gasteiger partial charge in [-0.15, -0.1) is 17.9 Å². The molecule has 1 heterocycles.